The highest BCUT2D eigenvalue weighted by Gasteiger charge is 2.25. The lowest BCUT2D eigenvalue weighted by molar-refractivity contribution is -0.383. The van der Waals surface area contributed by atoms with Crippen molar-refractivity contribution in [1.29, 1.82) is 0 Å². The van der Waals surface area contributed by atoms with Crippen LogP contribution in [0.2, 0.25) is 0 Å². The van der Waals surface area contributed by atoms with Crippen LogP contribution < -0.4 is 0 Å². The van der Waals surface area contributed by atoms with Crippen molar-refractivity contribution >= 4 is 22.6 Å². The molecule has 0 fully saturated rings. The van der Waals surface area contributed by atoms with Gasteiger partial charge in [-0.15, -0.1) is 0 Å². The predicted octanol–water partition coefficient (Wildman–Crippen LogP) is 2.58. The Morgan fingerprint density at radius 3 is 2.63 bits per heavy atom. The summed E-state index contributed by atoms with van der Waals surface area (Å²) < 4.78 is 1.74. The maximum Gasteiger partial charge on any atom is 0.310 e. The minimum atomic E-state index is -0.997. The monoisotopic (exact) mass is 262 g/mol. The molecule has 1 unspecified atom stereocenters. The normalized spacial score (nSPS) is 12.6. The van der Waals surface area contributed by atoms with E-state index in [1.54, 1.807) is 23.9 Å². The lowest BCUT2D eigenvalue weighted by atomic mass is 9.98. The molecule has 0 saturated carbocycles. The standard InChI is InChI=1S/C13H14N2O4/c1-7-4-5-10(15(18)19)11-9(8(2)13(16)17)6-14(3)12(7)11/h4-6,8H,1-3H3,(H,16,17). The molecule has 1 aromatic carbocycles. The lowest BCUT2D eigenvalue weighted by Crippen LogP contribution is -2.07. The largest absolute Gasteiger partial charge is 0.481 e. The molecule has 0 aliphatic carbocycles. The fraction of sp³-hybridized carbons (Fsp3) is 0.308. The maximum atomic E-state index is 11.1. The van der Waals surface area contributed by atoms with Crippen molar-refractivity contribution in [2.24, 2.45) is 7.05 Å². The first-order valence-electron chi connectivity index (χ1n) is 5.80. The second-order valence-corrected chi connectivity index (χ2v) is 4.64. The lowest BCUT2D eigenvalue weighted by Gasteiger charge is -2.05. The van der Waals surface area contributed by atoms with Crippen molar-refractivity contribution in [2.75, 3.05) is 0 Å². The quantitative estimate of drug-likeness (QED) is 0.680. The van der Waals surface area contributed by atoms with Gasteiger partial charge in [-0.25, -0.2) is 0 Å². The zero-order chi connectivity index (χ0) is 14.3. The Hall–Kier alpha value is -2.37. The number of rotatable bonds is 3. The minimum absolute atomic E-state index is 0.0516. The Labute approximate surface area is 109 Å². The number of nitrogens with zero attached hydrogens (tertiary/aromatic N) is 2. The van der Waals surface area contributed by atoms with E-state index in [9.17, 15) is 14.9 Å². The second-order valence-electron chi connectivity index (χ2n) is 4.64. The van der Waals surface area contributed by atoms with Gasteiger partial charge >= 0.3 is 5.97 Å². The number of carboxylic acids is 1. The molecule has 1 aromatic heterocycles. The first-order chi connectivity index (χ1) is 8.84. The van der Waals surface area contributed by atoms with Crippen LogP contribution in [-0.4, -0.2) is 20.6 Å². The minimum Gasteiger partial charge on any atom is -0.481 e. The van der Waals surface area contributed by atoms with Gasteiger partial charge < -0.3 is 9.67 Å². The zero-order valence-electron chi connectivity index (χ0n) is 10.9. The van der Waals surface area contributed by atoms with Gasteiger partial charge in [0.15, 0.2) is 0 Å². The SMILES string of the molecule is Cc1ccc([N+](=O)[O-])c2c(C(C)C(=O)O)cn(C)c12. The molecule has 0 aliphatic heterocycles. The van der Waals surface area contributed by atoms with Crippen LogP contribution in [0.3, 0.4) is 0 Å². The smallest absolute Gasteiger partial charge is 0.310 e. The van der Waals surface area contributed by atoms with Crippen LogP contribution in [-0.2, 0) is 11.8 Å². The number of nitro benzene ring substituents is 1. The average molecular weight is 262 g/mol. The molecule has 2 rings (SSSR count). The number of benzene rings is 1. The number of nitro groups is 1. The molecular formula is C13H14N2O4. The van der Waals surface area contributed by atoms with Crippen LogP contribution in [0.15, 0.2) is 18.3 Å². The molecule has 6 heteroatoms. The van der Waals surface area contributed by atoms with Crippen molar-refractivity contribution in [3.8, 4) is 0 Å². The number of carboxylic acid groups (broad SMARTS) is 1. The summed E-state index contributed by atoms with van der Waals surface area (Å²) in [5.41, 5.74) is 2.01. The zero-order valence-corrected chi connectivity index (χ0v) is 10.9. The summed E-state index contributed by atoms with van der Waals surface area (Å²) in [5, 5.41) is 20.7. The number of hydrogen-bond donors (Lipinski definition) is 1. The van der Waals surface area contributed by atoms with Crippen molar-refractivity contribution < 1.29 is 14.8 Å². The first kappa shape index (κ1) is 13.1. The van der Waals surface area contributed by atoms with Crippen LogP contribution in [0.1, 0.15) is 24.0 Å². The van der Waals surface area contributed by atoms with Gasteiger partial charge in [-0.1, -0.05) is 6.07 Å². The van der Waals surface area contributed by atoms with Gasteiger partial charge in [0.2, 0.25) is 0 Å². The molecule has 1 heterocycles. The number of fused-ring (bicyclic) bond motifs is 1. The molecule has 0 saturated heterocycles. The molecule has 1 N–H and O–H groups in total. The second kappa shape index (κ2) is 4.38. The Bertz CT molecular complexity index is 687. The van der Waals surface area contributed by atoms with Crippen LogP contribution in [0.4, 0.5) is 5.69 Å². The summed E-state index contributed by atoms with van der Waals surface area (Å²) in [4.78, 5) is 21.8. The Kier molecular flexibility index (Phi) is 3.01. The summed E-state index contributed by atoms with van der Waals surface area (Å²) in [6, 6.07) is 3.10. The number of aliphatic carboxylic acids is 1. The van der Waals surface area contributed by atoms with Crippen LogP contribution in [0.5, 0.6) is 0 Å². The number of carbonyl (C=O) groups is 1. The summed E-state index contributed by atoms with van der Waals surface area (Å²) in [5.74, 6) is -1.78. The van der Waals surface area contributed by atoms with E-state index in [1.165, 1.54) is 13.0 Å². The third kappa shape index (κ3) is 1.95. The van der Waals surface area contributed by atoms with E-state index in [2.05, 4.69) is 0 Å². The summed E-state index contributed by atoms with van der Waals surface area (Å²) >= 11 is 0. The molecule has 0 amide bonds. The fourth-order valence-electron chi connectivity index (χ4n) is 2.38. The van der Waals surface area contributed by atoms with E-state index < -0.39 is 16.8 Å². The molecule has 100 valence electrons. The molecule has 0 aliphatic rings. The van der Waals surface area contributed by atoms with Crippen molar-refractivity contribution in [3.05, 3.63) is 39.6 Å². The summed E-state index contributed by atoms with van der Waals surface area (Å²) in [6.07, 6.45) is 1.66. The van der Waals surface area contributed by atoms with Crippen LogP contribution in [0.25, 0.3) is 10.9 Å². The average Bonchev–Trinajstić information content (AvgIpc) is 2.67. The van der Waals surface area contributed by atoms with Gasteiger partial charge in [0.1, 0.15) is 0 Å². The number of non-ortho nitro benzene ring substituents is 1. The third-order valence-electron chi connectivity index (χ3n) is 3.37. The van der Waals surface area contributed by atoms with Gasteiger partial charge in [-0.2, -0.15) is 0 Å². The van der Waals surface area contributed by atoms with Gasteiger partial charge in [0.05, 0.1) is 21.7 Å². The molecule has 19 heavy (non-hydrogen) atoms. The summed E-state index contributed by atoms with van der Waals surface area (Å²) in [7, 11) is 1.76. The fourth-order valence-corrected chi connectivity index (χ4v) is 2.38. The highest BCUT2D eigenvalue weighted by atomic mass is 16.6. The van der Waals surface area contributed by atoms with E-state index in [0.29, 0.717) is 16.5 Å². The van der Waals surface area contributed by atoms with Crippen LogP contribution in [0, 0.1) is 17.0 Å². The van der Waals surface area contributed by atoms with Crippen molar-refractivity contribution in [2.45, 2.75) is 19.8 Å². The van der Waals surface area contributed by atoms with Crippen molar-refractivity contribution in [3.63, 3.8) is 0 Å². The van der Waals surface area contributed by atoms with E-state index in [-0.39, 0.29) is 5.69 Å². The highest BCUT2D eigenvalue weighted by Crippen LogP contribution is 2.36. The molecular weight excluding hydrogens is 248 g/mol. The van der Waals surface area contributed by atoms with Gasteiger partial charge in [-0.3, -0.25) is 14.9 Å². The predicted molar refractivity (Wildman–Crippen MR) is 70.4 cm³/mol. The maximum absolute atomic E-state index is 11.1. The Morgan fingerprint density at radius 1 is 1.47 bits per heavy atom. The number of aryl methyl sites for hydroxylation is 2. The first-order valence-corrected chi connectivity index (χ1v) is 5.80. The van der Waals surface area contributed by atoms with Crippen LogP contribution >= 0.6 is 0 Å². The Morgan fingerprint density at radius 2 is 2.11 bits per heavy atom. The molecule has 0 bridgehead atoms. The number of hydrogen-bond acceptors (Lipinski definition) is 3. The highest BCUT2D eigenvalue weighted by molar-refractivity contribution is 5.97. The van der Waals surface area contributed by atoms with Gasteiger partial charge in [-0.05, 0) is 25.0 Å². The molecule has 2 aromatic rings. The Balaban J connectivity index is 2.90. The van der Waals surface area contributed by atoms with Gasteiger partial charge in [0.25, 0.3) is 5.69 Å². The van der Waals surface area contributed by atoms with E-state index in [0.717, 1.165) is 5.56 Å². The third-order valence-corrected chi connectivity index (χ3v) is 3.37. The molecule has 1 atom stereocenters. The van der Waals surface area contributed by atoms with E-state index in [1.807, 2.05) is 6.92 Å². The van der Waals surface area contributed by atoms with E-state index >= 15 is 0 Å². The van der Waals surface area contributed by atoms with Gasteiger partial charge in [0, 0.05) is 19.3 Å². The molecule has 0 radical (unpaired) electrons. The summed E-state index contributed by atoms with van der Waals surface area (Å²) in [6.45, 7) is 3.38. The van der Waals surface area contributed by atoms with E-state index in [4.69, 9.17) is 5.11 Å². The molecule has 6 nitrogen and oxygen atoms in total. The number of aromatic nitrogens is 1. The molecule has 0 spiro atoms. The topological polar surface area (TPSA) is 85.4 Å². The van der Waals surface area contributed by atoms with Crippen molar-refractivity contribution in [1.82, 2.24) is 4.57 Å².